The number of anilines is 2. The molecule has 1 amide bonds. The number of hydrogen-bond donors (Lipinski definition) is 2. The summed E-state index contributed by atoms with van der Waals surface area (Å²) >= 11 is 6.16. The number of amides is 1. The van der Waals surface area contributed by atoms with Crippen molar-refractivity contribution in [1.82, 2.24) is 4.98 Å². The van der Waals surface area contributed by atoms with Crippen LogP contribution in [0.2, 0.25) is 5.02 Å². The van der Waals surface area contributed by atoms with Gasteiger partial charge in [0.15, 0.2) is 0 Å². The van der Waals surface area contributed by atoms with E-state index in [0.29, 0.717) is 17.3 Å². The first-order chi connectivity index (χ1) is 12.1. The van der Waals surface area contributed by atoms with Gasteiger partial charge in [0.2, 0.25) is 0 Å². The van der Waals surface area contributed by atoms with Crippen molar-refractivity contribution in [2.75, 3.05) is 10.6 Å². The van der Waals surface area contributed by atoms with Crippen molar-refractivity contribution in [3.8, 4) is 0 Å². The first kappa shape index (κ1) is 17.0. The molecule has 0 spiro atoms. The molecule has 1 heterocycles. The van der Waals surface area contributed by atoms with Crippen molar-refractivity contribution >= 4 is 28.9 Å². The Kier molecular flexibility index (Phi) is 5.31. The summed E-state index contributed by atoms with van der Waals surface area (Å²) in [5.41, 5.74) is 3.94. The lowest BCUT2D eigenvalue weighted by Crippen LogP contribution is -2.14. The van der Waals surface area contributed by atoms with Crippen LogP contribution in [-0.2, 0) is 6.54 Å². The molecule has 4 nitrogen and oxygen atoms in total. The third kappa shape index (κ3) is 4.37. The second-order valence-electron chi connectivity index (χ2n) is 5.64. The van der Waals surface area contributed by atoms with Crippen molar-refractivity contribution < 1.29 is 4.79 Å². The maximum atomic E-state index is 12.4. The minimum atomic E-state index is -0.240. The van der Waals surface area contributed by atoms with Gasteiger partial charge in [0.05, 0.1) is 0 Å². The third-order valence-corrected chi connectivity index (χ3v) is 4.20. The molecule has 3 rings (SSSR count). The van der Waals surface area contributed by atoms with E-state index in [9.17, 15) is 4.79 Å². The number of aryl methyl sites for hydroxylation is 1. The van der Waals surface area contributed by atoms with Crippen molar-refractivity contribution in [2.24, 2.45) is 0 Å². The SMILES string of the molecule is Cc1ccccc1NC(=O)c1cc(NCc2ccccc2Cl)ccn1. The maximum Gasteiger partial charge on any atom is 0.274 e. The predicted molar refractivity (Wildman–Crippen MR) is 102 cm³/mol. The van der Waals surface area contributed by atoms with E-state index in [1.165, 1.54) is 0 Å². The molecule has 0 radical (unpaired) electrons. The van der Waals surface area contributed by atoms with E-state index in [1.807, 2.05) is 61.5 Å². The molecular formula is C20H18ClN3O. The summed E-state index contributed by atoms with van der Waals surface area (Å²) in [6.07, 6.45) is 1.61. The van der Waals surface area contributed by atoms with Crippen molar-refractivity contribution in [1.29, 1.82) is 0 Å². The zero-order chi connectivity index (χ0) is 17.6. The van der Waals surface area contributed by atoms with E-state index >= 15 is 0 Å². The smallest absolute Gasteiger partial charge is 0.274 e. The van der Waals surface area contributed by atoms with Crippen LogP contribution >= 0.6 is 11.6 Å². The molecule has 0 fully saturated rings. The molecule has 2 aromatic carbocycles. The quantitative estimate of drug-likeness (QED) is 0.686. The van der Waals surface area contributed by atoms with Crippen LogP contribution in [0.1, 0.15) is 21.6 Å². The second-order valence-corrected chi connectivity index (χ2v) is 6.05. The molecule has 0 aliphatic rings. The van der Waals surface area contributed by atoms with Crippen LogP contribution in [0.15, 0.2) is 66.9 Å². The number of hydrogen-bond acceptors (Lipinski definition) is 3. The molecule has 2 N–H and O–H groups in total. The normalized spacial score (nSPS) is 10.3. The van der Waals surface area contributed by atoms with E-state index in [2.05, 4.69) is 15.6 Å². The number of nitrogens with zero attached hydrogens (tertiary/aromatic N) is 1. The number of halogens is 1. The number of pyridine rings is 1. The second kappa shape index (κ2) is 7.81. The largest absolute Gasteiger partial charge is 0.381 e. The van der Waals surface area contributed by atoms with Gasteiger partial charge >= 0.3 is 0 Å². The van der Waals surface area contributed by atoms with Crippen LogP contribution in [0, 0.1) is 6.92 Å². The Balaban J connectivity index is 1.70. The Bertz CT molecular complexity index is 895. The lowest BCUT2D eigenvalue weighted by molar-refractivity contribution is 0.102. The average Bonchev–Trinajstić information content (AvgIpc) is 2.63. The fourth-order valence-corrected chi connectivity index (χ4v) is 2.61. The molecule has 25 heavy (non-hydrogen) atoms. The number of carbonyl (C=O) groups is 1. The van der Waals surface area contributed by atoms with Gasteiger partial charge in [0.25, 0.3) is 5.91 Å². The number of para-hydroxylation sites is 1. The number of benzene rings is 2. The minimum absolute atomic E-state index is 0.240. The van der Waals surface area contributed by atoms with Crippen molar-refractivity contribution in [3.63, 3.8) is 0 Å². The van der Waals surface area contributed by atoms with Gasteiger partial charge in [-0.05, 0) is 42.3 Å². The highest BCUT2D eigenvalue weighted by atomic mass is 35.5. The standard InChI is InChI=1S/C20H18ClN3O/c1-14-6-2-5-9-18(14)24-20(25)19-12-16(10-11-22-19)23-13-15-7-3-4-8-17(15)21/h2-12H,13H2,1H3,(H,22,23)(H,24,25). The number of nitrogens with one attached hydrogen (secondary N) is 2. The third-order valence-electron chi connectivity index (χ3n) is 3.83. The molecule has 0 bridgehead atoms. The number of carbonyl (C=O) groups excluding carboxylic acids is 1. The highest BCUT2D eigenvalue weighted by Crippen LogP contribution is 2.18. The fourth-order valence-electron chi connectivity index (χ4n) is 2.40. The van der Waals surface area contributed by atoms with Crippen LogP contribution in [0.3, 0.4) is 0 Å². The van der Waals surface area contributed by atoms with Gasteiger partial charge in [-0.2, -0.15) is 0 Å². The Morgan fingerprint density at radius 1 is 1.08 bits per heavy atom. The van der Waals surface area contributed by atoms with Crippen molar-refractivity contribution in [3.05, 3.63) is 88.7 Å². The Labute approximate surface area is 151 Å². The summed E-state index contributed by atoms with van der Waals surface area (Å²) in [4.78, 5) is 16.6. The van der Waals surface area contributed by atoms with Crippen LogP contribution in [0.25, 0.3) is 0 Å². The fraction of sp³-hybridized carbons (Fsp3) is 0.100. The maximum absolute atomic E-state index is 12.4. The van der Waals surface area contributed by atoms with Gasteiger partial charge in [-0.15, -0.1) is 0 Å². The van der Waals surface area contributed by atoms with Gasteiger partial charge in [0, 0.05) is 29.1 Å². The zero-order valence-electron chi connectivity index (χ0n) is 13.8. The molecule has 0 saturated heterocycles. The number of rotatable bonds is 5. The highest BCUT2D eigenvalue weighted by molar-refractivity contribution is 6.31. The van der Waals surface area contributed by atoms with E-state index < -0.39 is 0 Å². The molecule has 0 saturated carbocycles. The van der Waals surface area contributed by atoms with Gasteiger partial charge in [-0.1, -0.05) is 48.0 Å². The lowest BCUT2D eigenvalue weighted by atomic mass is 10.2. The Hall–Kier alpha value is -2.85. The lowest BCUT2D eigenvalue weighted by Gasteiger charge is -2.10. The van der Waals surface area contributed by atoms with Crippen LogP contribution < -0.4 is 10.6 Å². The Morgan fingerprint density at radius 3 is 2.64 bits per heavy atom. The molecule has 0 aliphatic carbocycles. The average molecular weight is 352 g/mol. The molecule has 126 valence electrons. The van der Waals surface area contributed by atoms with E-state index in [0.717, 1.165) is 22.5 Å². The number of aromatic nitrogens is 1. The molecule has 3 aromatic rings. The monoisotopic (exact) mass is 351 g/mol. The van der Waals surface area contributed by atoms with E-state index in [-0.39, 0.29) is 5.91 Å². The Morgan fingerprint density at radius 2 is 1.84 bits per heavy atom. The van der Waals surface area contributed by atoms with E-state index in [4.69, 9.17) is 11.6 Å². The molecule has 0 aliphatic heterocycles. The van der Waals surface area contributed by atoms with Crippen LogP contribution in [0.5, 0.6) is 0 Å². The van der Waals surface area contributed by atoms with Crippen LogP contribution in [0.4, 0.5) is 11.4 Å². The van der Waals surface area contributed by atoms with Gasteiger partial charge in [-0.3, -0.25) is 9.78 Å². The first-order valence-corrected chi connectivity index (χ1v) is 8.31. The molecule has 0 unspecified atom stereocenters. The summed E-state index contributed by atoms with van der Waals surface area (Å²) < 4.78 is 0. The topological polar surface area (TPSA) is 54.0 Å². The van der Waals surface area contributed by atoms with Gasteiger partial charge in [-0.25, -0.2) is 0 Å². The van der Waals surface area contributed by atoms with Gasteiger partial charge < -0.3 is 10.6 Å². The van der Waals surface area contributed by atoms with Crippen molar-refractivity contribution in [2.45, 2.75) is 13.5 Å². The highest BCUT2D eigenvalue weighted by Gasteiger charge is 2.10. The summed E-state index contributed by atoms with van der Waals surface area (Å²) in [7, 11) is 0. The van der Waals surface area contributed by atoms with Crippen LogP contribution in [-0.4, -0.2) is 10.9 Å². The van der Waals surface area contributed by atoms with E-state index in [1.54, 1.807) is 12.3 Å². The summed E-state index contributed by atoms with van der Waals surface area (Å²) in [6.45, 7) is 2.52. The molecule has 5 heteroatoms. The summed E-state index contributed by atoms with van der Waals surface area (Å²) in [5, 5.41) is 6.86. The summed E-state index contributed by atoms with van der Waals surface area (Å²) in [5.74, 6) is -0.240. The van der Waals surface area contributed by atoms with Gasteiger partial charge in [0.1, 0.15) is 5.69 Å². The predicted octanol–water partition coefficient (Wildman–Crippen LogP) is 4.91. The molecule has 1 aromatic heterocycles. The first-order valence-electron chi connectivity index (χ1n) is 7.94. The summed E-state index contributed by atoms with van der Waals surface area (Å²) in [6, 6.07) is 18.8. The molecular weight excluding hydrogens is 334 g/mol. The molecule has 0 atom stereocenters. The zero-order valence-corrected chi connectivity index (χ0v) is 14.5. The minimum Gasteiger partial charge on any atom is -0.381 e.